The quantitative estimate of drug-likeness (QED) is 0.244. The molecule has 4 aromatic rings. The molecule has 0 radical (unpaired) electrons. The number of rotatable bonds is 11. The van der Waals surface area contributed by atoms with Crippen LogP contribution in [-0.2, 0) is 17.8 Å². The van der Waals surface area contributed by atoms with Gasteiger partial charge in [-0.1, -0.05) is 48.5 Å². The van der Waals surface area contributed by atoms with Crippen LogP contribution in [0.4, 0.5) is 0 Å². The Hall–Kier alpha value is -3.57. The minimum atomic E-state index is -0.276. The summed E-state index contributed by atoms with van der Waals surface area (Å²) in [4.78, 5) is 4.59. The molecule has 4 rings (SSSR count). The molecule has 0 saturated carbocycles. The summed E-state index contributed by atoms with van der Waals surface area (Å²) in [5, 5.41) is 0. The average Bonchev–Trinajstić information content (AvgIpc) is 3.24. The van der Waals surface area contributed by atoms with Crippen LogP contribution in [0.2, 0.25) is 0 Å². The van der Waals surface area contributed by atoms with Gasteiger partial charge in [-0.3, -0.25) is 0 Å². The van der Waals surface area contributed by atoms with Gasteiger partial charge in [0.2, 0.25) is 5.89 Å². The van der Waals surface area contributed by atoms with E-state index in [1.54, 1.807) is 0 Å². The molecule has 0 aliphatic rings. The van der Waals surface area contributed by atoms with Crippen molar-refractivity contribution in [3.8, 4) is 23.0 Å². The molecule has 1 heterocycles. The number of benzene rings is 3. The topological polar surface area (TPSA) is 53.7 Å². The molecule has 0 unspecified atom stereocenters. The molecule has 0 fully saturated rings. The van der Waals surface area contributed by atoms with Crippen LogP contribution in [0.3, 0.4) is 0 Å². The first kappa shape index (κ1) is 22.6. The Morgan fingerprint density at radius 1 is 0.848 bits per heavy atom. The van der Waals surface area contributed by atoms with Gasteiger partial charge >= 0.3 is 0 Å². The second-order valence-electron chi connectivity index (χ2n) is 7.68. The first-order valence-corrected chi connectivity index (χ1v) is 11.3. The van der Waals surface area contributed by atoms with Crippen molar-refractivity contribution >= 4 is 0 Å². The molecule has 170 valence electrons. The summed E-state index contributed by atoms with van der Waals surface area (Å²) in [6, 6.07) is 27.8. The van der Waals surface area contributed by atoms with E-state index < -0.39 is 0 Å². The number of aryl methyl sites for hydroxylation is 2. The lowest BCUT2D eigenvalue weighted by Gasteiger charge is -2.19. The van der Waals surface area contributed by atoms with Gasteiger partial charge in [0.25, 0.3) is 0 Å². The molecule has 1 aromatic heterocycles. The van der Waals surface area contributed by atoms with E-state index >= 15 is 0 Å². The predicted molar refractivity (Wildman–Crippen MR) is 128 cm³/mol. The summed E-state index contributed by atoms with van der Waals surface area (Å²) in [5.74, 6) is 3.00. The zero-order valence-corrected chi connectivity index (χ0v) is 19.1. The molecule has 0 aliphatic carbocycles. The Labute approximate surface area is 195 Å². The van der Waals surface area contributed by atoms with Crippen molar-refractivity contribution in [1.29, 1.82) is 0 Å². The summed E-state index contributed by atoms with van der Waals surface area (Å²) in [7, 11) is 0. The second kappa shape index (κ2) is 11.3. The summed E-state index contributed by atoms with van der Waals surface area (Å²) in [6.45, 7) is 4.86. The van der Waals surface area contributed by atoms with E-state index in [9.17, 15) is 0 Å². The molecule has 0 spiro atoms. The minimum Gasteiger partial charge on any atom is -0.487 e. The molecule has 0 aliphatic heterocycles. The number of para-hydroxylation sites is 1. The van der Waals surface area contributed by atoms with Gasteiger partial charge in [0, 0.05) is 18.6 Å². The highest BCUT2D eigenvalue weighted by molar-refractivity contribution is 5.53. The SMILES string of the molecule is CCO[C@H](CCc1ccc(OCc2nc(-c3ccccc3)oc2C)cc1)Oc1ccccc1. The van der Waals surface area contributed by atoms with Crippen LogP contribution in [-0.4, -0.2) is 17.9 Å². The number of hydrogen-bond donors (Lipinski definition) is 0. The Morgan fingerprint density at radius 3 is 2.24 bits per heavy atom. The number of aromatic nitrogens is 1. The third kappa shape index (κ3) is 6.46. The number of nitrogens with zero attached hydrogens (tertiary/aromatic N) is 1. The van der Waals surface area contributed by atoms with Gasteiger partial charge in [0.1, 0.15) is 29.6 Å². The van der Waals surface area contributed by atoms with Crippen molar-refractivity contribution in [2.75, 3.05) is 6.61 Å². The highest BCUT2D eigenvalue weighted by Crippen LogP contribution is 2.23. The van der Waals surface area contributed by atoms with E-state index in [1.807, 2.05) is 86.6 Å². The monoisotopic (exact) mass is 443 g/mol. The first-order chi connectivity index (χ1) is 16.2. The molecular formula is C28H29NO4. The molecule has 0 bridgehead atoms. The van der Waals surface area contributed by atoms with E-state index in [0.717, 1.165) is 41.4 Å². The van der Waals surface area contributed by atoms with Gasteiger partial charge in [0.15, 0.2) is 6.29 Å². The summed E-state index contributed by atoms with van der Waals surface area (Å²) >= 11 is 0. The van der Waals surface area contributed by atoms with Crippen molar-refractivity contribution in [3.63, 3.8) is 0 Å². The maximum Gasteiger partial charge on any atom is 0.226 e. The van der Waals surface area contributed by atoms with E-state index in [0.29, 0.717) is 19.1 Å². The number of oxazole rings is 1. The number of ether oxygens (including phenoxy) is 3. The lowest BCUT2D eigenvalue weighted by Crippen LogP contribution is -2.21. The van der Waals surface area contributed by atoms with Gasteiger partial charge in [-0.15, -0.1) is 0 Å². The van der Waals surface area contributed by atoms with Crippen LogP contribution in [0.1, 0.15) is 30.4 Å². The maximum absolute atomic E-state index is 5.97. The summed E-state index contributed by atoms with van der Waals surface area (Å²) in [6.07, 6.45) is 1.34. The van der Waals surface area contributed by atoms with E-state index in [2.05, 4.69) is 17.1 Å². The Kier molecular flexibility index (Phi) is 7.77. The van der Waals surface area contributed by atoms with Crippen molar-refractivity contribution in [3.05, 3.63) is 102 Å². The fourth-order valence-corrected chi connectivity index (χ4v) is 3.47. The number of hydrogen-bond acceptors (Lipinski definition) is 5. The third-order valence-electron chi connectivity index (χ3n) is 5.24. The third-order valence-corrected chi connectivity index (χ3v) is 5.24. The van der Waals surface area contributed by atoms with Crippen LogP contribution in [0.25, 0.3) is 11.5 Å². The van der Waals surface area contributed by atoms with Crippen LogP contribution in [0.15, 0.2) is 89.3 Å². The standard InChI is InChI=1S/C28H29NO4/c1-3-30-27(33-25-12-8-5-9-13-25)19-16-22-14-17-24(18-15-22)31-20-26-21(2)32-28(29-26)23-10-6-4-7-11-23/h4-15,17-18,27H,3,16,19-20H2,1-2H3/t27-/m0/s1. The highest BCUT2D eigenvalue weighted by Gasteiger charge is 2.13. The summed E-state index contributed by atoms with van der Waals surface area (Å²) in [5.41, 5.74) is 2.96. The second-order valence-corrected chi connectivity index (χ2v) is 7.68. The van der Waals surface area contributed by atoms with E-state index in [1.165, 1.54) is 5.56 Å². The fraction of sp³-hybridized carbons (Fsp3) is 0.250. The van der Waals surface area contributed by atoms with Crippen molar-refractivity contribution in [2.24, 2.45) is 0 Å². The normalized spacial score (nSPS) is 11.8. The van der Waals surface area contributed by atoms with Crippen molar-refractivity contribution in [2.45, 2.75) is 39.6 Å². The molecule has 0 saturated heterocycles. The predicted octanol–water partition coefficient (Wildman–Crippen LogP) is 6.60. The van der Waals surface area contributed by atoms with Gasteiger partial charge in [-0.25, -0.2) is 4.98 Å². The van der Waals surface area contributed by atoms with E-state index in [-0.39, 0.29) is 6.29 Å². The summed E-state index contributed by atoms with van der Waals surface area (Å²) < 4.78 is 23.5. The van der Waals surface area contributed by atoms with Crippen LogP contribution in [0.5, 0.6) is 11.5 Å². The van der Waals surface area contributed by atoms with Crippen LogP contribution < -0.4 is 9.47 Å². The molecule has 0 N–H and O–H groups in total. The largest absolute Gasteiger partial charge is 0.487 e. The van der Waals surface area contributed by atoms with Crippen LogP contribution >= 0.6 is 0 Å². The Balaban J connectivity index is 1.30. The smallest absolute Gasteiger partial charge is 0.226 e. The molecule has 1 atom stereocenters. The molecule has 3 aromatic carbocycles. The van der Waals surface area contributed by atoms with Crippen molar-refractivity contribution in [1.82, 2.24) is 4.98 Å². The van der Waals surface area contributed by atoms with Gasteiger partial charge < -0.3 is 18.6 Å². The Bertz CT molecular complexity index is 1110. The molecule has 0 amide bonds. The molecule has 33 heavy (non-hydrogen) atoms. The maximum atomic E-state index is 5.97. The zero-order valence-electron chi connectivity index (χ0n) is 19.1. The van der Waals surface area contributed by atoms with Crippen LogP contribution in [0, 0.1) is 6.92 Å². The molecule has 5 heteroatoms. The molecule has 5 nitrogen and oxygen atoms in total. The average molecular weight is 444 g/mol. The highest BCUT2D eigenvalue weighted by atomic mass is 16.7. The zero-order chi connectivity index (χ0) is 22.9. The lowest BCUT2D eigenvalue weighted by atomic mass is 10.1. The Morgan fingerprint density at radius 2 is 1.55 bits per heavy atom. The molecular weight excluding hydrogens is 414 g/mol. The first-order valence-electron chi connectivity index (χ1n) is 11.3. The lowest BCUT2D eigenvalue weighted by molar-refractivity contribution is -0.0793. The van der Waals surface area contributed by atoms with Gasteiger partial charge in [-0.05, 0) is 62.2 Å². The fourth-order valence-electron chi connectivity index (χ4n) is 3.47. The minimum absolute atomic E-state index is 0.276. The van der Waals surface area contributed by atoms with Crippen molar-refractivity contribution < 1.29 is 18.6 Å². The van der Waals surface area contributed by atoms with Gasteiger partial charge in [0.05, 0.1) is 0 Å². The van der Waals surface area contributed by atoms with Gasteiger partial charge in [-0.2, -0.15) is 0 Å². The van der Waals surface area contributed by atoms with E-state index in [4.69, 9.17) is 18.6 Å².